The fraction of sp³-hybridized carbons (Fsp3) is 0. The third-order valence-electron chi connectivity index (χ3n) is 3.81. The Morgan fingerprint density at radius 3 is 2.58 bits per heavy atom. The Labute approximate surface area is 139 Å². The van der Waals surface area contributed by atoms with Crippen molar-refractivity contribution in [2.45, 2.75) is 0 Å². The summed E-state index contributed by atoms with van der Waals surface area (Å²) in [6, 6.07) is 21.5. The summed E-state index contributed by atoms with van der Waals surface area (Å²) in [5, 5.41) is 10.0. The van der Waals surface area contributed by atoms with Crippen LogP contribution in [0.3, 0.4) is 0 Å². The summed E-state index contributed by atoms with van der Waals surface area (Å²) in [6.45, 7) is 0. The summed E-state index contributed by atoms with van der Waals surface area (Å²) < 4.78 is 6.04. The maximum Gasteiger partial charge on any atom is 0.137 e. The first-order valence-electron chi connectivity index (χ1n) is 7.55. The lowest BCUT2D eigenvalue weighted by Gasteiger charge is -2.10. The monoisotopic (exact) mass is 311 g/mol. The number of aromatic nitrogens is 2. The minimum Gasteiger partial charge on any atom is -0.457 e. The van der Waals surface area contributed by atoms with E-state index < -0.39 is 0 Å². The van der Waals surface area contributed by atoms with Crippen LogP contribution < -0.4 is 4.74 Å². The van der Waals surface area contributed by atoms with E-state index in [1.165, 1.54) is 0 Å². The number of pyridine rings is 1. The highest BCUT2D eigenvalue weighted by Gasteiger charge is 2.13. The first-order valence-corrected chi connectivity index (χ1v) is 7.55. The number of hydrogen-bond donors (Lipinski definition) is 1. The zero-order valence-corrected chi connectivity index (χ0v) is 12.7. The molecule has 2 aromatic carbocycles. The highest BCUT2D eigenvalue weighted by Crippen LogP contribution is 2.36. The first-order chi connectivity index (χ1) is 11.8. The molecule has 0 spiro atoms. The average Bonchev–Trinajstić information content (AvgIpc) is 3.06. The normalized spacial score (nSPS) is 10.5. The van der Waals surface area contributed by atoms with E-state index in [4.69, 9.17) is 10.00 Å². The number of benzene rings is 2. The van der Waals surface area contributed by atoms with Crippen molar-refractivity contribution >= 4 is 11.0 Å². The van der Waals surface area contributed by atoms with Crippen molar-refractivity contribution in [1.29, 1.82) is 5.26 Å². The molecule has 0 fully saturated rings. The summed E-state index contributed by atoms with van der Waals surface area (Å²) in [7, 11) is 0. The maximum atomic E-state index is 9.12. The smallest absolute Gasteiger partial charge is 0.137 e. The number of aromatic amines is 1. The minimum absolute atomic E-state index is 0.532. The highest BCUT2D eigenvalue weighted by atomic mass is 16.5. The van der Waals surface area contributed by atoms with Crippen LogP contribution >= 0.6 is 0 Å². The molecule has 4 aromatic rings. The Morgan fingerprint density at radius 2 is 1.75 bits per heavy atom. The Balaban J connectivity index is 1.84. The van der Waals surface area contributed by atoms with Crippen molar-refractivity contribution < 1.29 is 4.74 Å². The molecule has 4 heteroatoms. The second kappa shape index (κ2) is 5.90. The van der Waals surface area contributed by atoms with Crippen molar-refractivity contribution in [2.75, 3.05) is 0 Å². The molecule has 4 nitrogen and oxygen atoms in total. The fourth-order valence-corrected chi connectivity index (χ4v) is 2.68. The van der Waals surface area contributed by atoms with E-state index in [9.17, 15) is 0 Å². The SMILES string of the molecule is N#Cc1cnc2[nH]cc(-c3ccccc3Oc3ccccc3)c2c1. The lowest BCUT2D eigenvalue weighted by molar-refractivity contribution is 0.484. The molecule has 0 bridgehead atoms. The van der Waals surface area contributed by atoms with Gasteiger partial charge in [0.05, 0.1) is 5.56 Å². The molecular weight excluding hydrogens is 298 g/mol. The van der Waals surface area contributed by atoms with Crippen molar-refractivity contribution in [1.82, 2.24) is 9.97 Å². The molecule has 4 rings (SSSR count). The number of rotatable bonds is 3. The Morgan fingerprint density at radius 1 is 0.958 bits per heavy atom. The van der Waals surface area contributed by atoms with Crippen LogP contribution in [-0.4, -0.2) is 9.97 Å². The number of fused-ring (bicyclic) bond motifs is 1. The van der Waals surface area contributed by atoms with E-state index >= 15 is 0 Å². The number of para-hydroxylation sites is 2. The molecular formula is C20H13N3O. The van der Waals surface area contributed by atoms with Gasteiger partial charge in [0.2, 0.25) is 0 Å². The lowest BCUT2D eigenvalue weighted by atomic mass is 10.0. The number of nitrogens with one attached hydrogen (secondary N) is 1. The van der Waals surface area contributed by atoms with Crippen LogP contribution in [-0.2, 0) is 0 Å². The molecule has 24 heavy (non-hydrogen) atoms. The summed E-state index contributed by atoms with van der Waals surface area (Å²) in [6.07, 6.45) is 3.46. The first kappa shape index (κ1) is 14.0. The van der Waals surface area contributed by atoms with Crippen molar-refractivity contribution in [3.8, 4) is 28.7 Å². The molecule has 0 saturated carbocycles. The zero-order valence-electron chi connectivity index (χ0n) is 12.7. The Bertz CT molecular complexity index is 1050. The molecule has 0 radical (unpaired) electrons. The molecule has 0 aliphatic carbocycles. The van der Waals surface area contributed by atoms with Gasteiger partial charge in [-0.15, -0.1) is 0 Å². The van der Waals surface area contributed by atoms with Crippen LogP contribution in [0.2, 0.25) is 0 Å². The van der Waals surface area contributed by atoms with Crippen molar-refractivity contribution in [3.63, 3.8) is 0 Å². The van der Waals surface area contributed by atoms with Crippen molar-refractivity contribution in [3.05, 3.63) is 78.6 Å². The van der Waals surface area contributed by atoms with Crippen LogP contribution in [0.25, 0.3) is 22.2 Å². The Hall–Kier alpha value is -3.58. The van der Waals surface area contributed by atoms with E-state index in [0.717, 1.165) is 33.7 Å². The fourth-order valence-electron chi connectivity index (χ4n) is 2.68. The lowest BCUT2D eigenvalue weighted by Crippen LogP contribution is -1.88. The molecule has 0 atom stereocenters. The van der Waals surface area contributed by atoms with Gasteiger partial charge in [-0.3, -0.25) is 0 Å². The minimum atomic E-state index is 0.532. The number of nitrogens with zero attached hydrogens (tertiary/aromatic N) is 2. The average molecular weight is 311 g/mol. The number of ether oxygens (including phenoxy) is 1. The van der Waals surface area contributed by atoms with Crippen LogP contribution in [0.4, 0.5) is 0 Å². The second-order valence-corrected chi connectivity index (χ2v) is 5.35. The number of hydrogen-bond acceptors (Lipinski definition) is 3. The van der Waals surface area contributed by atoms with Crippen molar-refractivity contribution in [2.24, 2.45) is 0 Å². The zero-order chi connectivity index (χ0) is 16.4. The van der Waals surface area contributed by atoms with Crippen LogP contribution in [0, 0.1) is 11.3 Å². The predicted octanol–water partition coefficient (Wildman–Crippen LogP) is 4.89. The van der Waals surface area contributed by atoms with Gasteiger partial charge in [0, 0.05) is 28.9 Å². The standard InChI is InChI=1S/C20H13N3O/c21-11-14-10-17-18(13-23-20(17)22-12-14)16-8-4-5-9-19(16)24-15-6-2-1-3-7-15/h1-10,12-13H,(H,22,23). The summed E-state index contributed by atoms with van der Waals surface area (Å²) in [4.78, 5) is 7.45. The topological polar surface area (TPSA) is 61.7 Å². The van der Waals surface area contributed by atoms with Gasteiger partial charge in [-0.2, -0.15) is 5.26 Å². The molecule has 0 saturated heterocycles. The summed E-state index contributed by atoms with van der Waals surface area (Å²) in [5.74, 6) is 1.53. The molecule has 1 N–H and O–H groups in total. The third-order valence-corrected chi connectivity index (χ3v) is 3.81. The molecule has 0 aliphatic heterocycles. The molecule has 0 amide bonds. The van der Waals surface area contributed by atoms with Gasteiger partial charge in [0.1, 0.15) is 23.2 Å². The van der Waals surface area contributed by atoms with E-state index in [1.54, 1.807) is 6.20 Å². The van der Waals surface area contributed by atoms with Gasteiger partial charge >= 0.3 is 0 Å². The van der Waals surface area contributed by atoms with Crippen LogP contribution in [0.1, 0.15) is 5.56 Å². The van der Waals surface area contributed by atoms with Crippen LogP contribution in [0.5, 0.6) is 11.5 Å². The van der Waals surface area contributed by atoms with Gasteiger partial charge in [0.15, 0.2) is 0 Å². The van der Waals surface area contributed by atoms with Crippen LogP contribution in [0.15, 0.2) is 73.1 Å². The van der Waals surface area contributed by atoms with E-state index in [-0.39, 0.29) is 0 Å². The van der Waals surface area contributed by atoms with Gasteiger partial charge < -0.3 is 9.72 Å². The molecule has 2 heterocycles. The number of nitriles is 1. The maximum absolute atomic E-state index is 9.12. The molecule has 0 aliphatic rings. The largest absolute Gasteiger partial charge is 0.457 e. The summed E-state index contributed by atoms with van der Waals surface area (Å²) >= 11 is 0. The van der Waals surface area contributed by atoms with E-state index in [1.807, 2.05) is 66.9 Å². The summed E-state index contributed by atoms with van der Waals surface area (Å²) in [5.41, 5.74) is 3.19. The molecule has 2 aromatic heterocycles. The number of H-pyrrole nitrogens is 1. The van der Waals surface area contributed by atoms with E-state index in [0.29, 0.717) is 5.56 Å². The van der Waals surface area contributed by atoms with Gasteiger partial charge in [-0.1, -0.05) is 36.4 Å². The third kappa shape index (κ3) is 2.49. The predicted molar refractivity (Wildman–Crippen MR) is 92.8 cm³/mol. The molecule has 0 unspecified atom stereocenters. The quantitative estimate of drug-likeness (QED) is 0.585. The Kier molecular flexibility index (Phi) is 3.45. The van der Waals surface area contributed by atoms with Gasteiger partial charge in [-0.05, 0) is 24.3 Å². The molecule has 114 valence electrons. The van der Waals surface area contributed by atoms with Gasteiger partial charge in [0.25, 0.3) is 0 Å². The van der Waals surface area contributed by atoms with Gasteiger partial charge in [-0.25, -0.2) is 4.98 Å². The second-order valence-electron chi connectivity index (χ2n) is 5.35. The highest BCUT2D eigenvalue weighted by molar-refractivity contribution is 5.95. The van der Waals surface area contributed by atoms with E-state index in [2.05, 4.69) is 16.0 Å².